The average molecular weight is 590 g/mol. The topological polar surface area (TPSA) is 127 Å². The van der Waals surface area contributed by atoms with Gasteiger partial charge in [0.2, 0.25) is 5.91 Å². The Bertz CT molecular complexity index is 1400. The van der Waals surface area contributed by atoms with Crippen molar-refractivity contribution in [3.8, 4) is 5.75 Å². The number of nitrogens with one attached hydrogen (secondary N) is 2. The molecule has 0 unspecified atom stereocenters. The monoisotopic (exact) mass is 589 g/mol. The molecule has 4 N–H and O–H groups in total. The number of pyridine rings is 1. The number of hydrogen-bond acceptors (Lipinski definition) is 6. The summed E-state index contributed by atoms with van der Waals surface area (Å²) in [6, 6.07) is 17.2. The summed E-state index contributed by atoms with van der Waals surface area (Å²) in [5.41, 5.74) is 8.28. The first-order chi connectivity index (χ1) is 20.7. The van der Waals surface area contributed by atoms with E-state index in [0.29, 0.717) is 24.4 Å². The summed E-state index contributed by atoms with van der Waals surface area (Å²) in [4.78, 5) is 46.1. The number of nitrogens with two attached hydrogens (primary N) is 1. The van der Waals surface area contributed by atoms with Crippen LogP contribution in [0.3, 0.4) is 0 Å². The van der Waals surface area contributed by atoms with E-state index in [2.05, 4.69) is 22.5 Å². The molecule has 1 aromatic heterocycles. The van der Waals surface area contributed by atoms with Crippen LogP contribution < -0.4 is 21.1 Å². The van der Waals surface area contributed by atoms with Gasteiger partial charge in [-0.15, -0.1) is 0 Å². The lowest BCUT2D eigenvalue weighted by Crippen LogP contribution is -2.50. The predicted octanol–water partition coefficient (Wildman–Crippen LogP) is 4.58. The first-order valence-corrected chi connectivity index (χ1v) is 14.7. The third-order valence-corrected chi connectivity index (χ3v) is 7.91. The lowest BCUT2D eigenvalue weighted by Gasteiger charge is -2.27. The maximum atomic E-state index is 13.6. The first kappa shape index (κ1) is 31.6. The van der Waals surface area contributed by atoms with Crippen LogP contribution >= 0.6 is 0 Å². The Morgan fingerprint density at radius 1 is 1.09 bits per heavy atom. The van der Waals surface area contributed by atoms with E-state index < -0.39 is 29.7 Å². The number of amides is 3. The molecular weight excluding hydrogens is 549 g/mol. The zero-order valence-electron chi connectivity index (χ0n) is 24.9. The molecule has 1 fully saturated rings. The van der Waals surface area contributed by atoms with E-state index in [-0.39, 0.29) is 35.7 Å². The molecule has 2 heterocycles. The minimum Gasteiger partial charge on any atom is -0.497 e. The van der Waals surface area contributed by atoms with E-state index in [0.717, 1.165) is 24.8 Å². The third-order valence-electron chi connectivity index (χ3n) is 7.91. The van der Waals surface area contributed by atoms with Gasteiger partial charge >= 0.3 is 0 Å². The van der Waals surface area contributed by atoms with E-state index in [9.17, 15) is 18.8 Å². The number of likely N-dealkylation sites (tertiary alicyclic amines) is 1. The van der Waals surface area contributed by atoms with Crippen molar-refractivity contribution in [1.29, 1.82) is 0 Å². The SMILES string of the molecule is CC[C@H]1CCCN1C(=O)c1cc(OC)cc(C(=O)N[C@@H](Cc2ccccc2)[C@@H](N)C[C@@H](C)C(=O)Nc2ccc(F)cc2)n1. The number of halogens is 1. The number of anilines is 1. The Kier molecular flexibility index (Phi) is 10.8. The molecule has 3 aromatic rings. The first-order valence-electron chi connectivity index (χ1n) is 14.7. The molecule has 0 radical (unpaired) electrons. The molecule has 1 saturated heterocycles. The van der Waals surface area contributed by atoms with Gasteiger partial charge in [-0.25, -0.2) is 9.37 Å². The lowest BCUT2D eigenvalue weighted by molar-refractivity contribution is -0.119. The van der Waals surface area contributed by atoms with Crippen LogP contribution in [0.5, 0.6) is 5.75 Å². The molecule has 0 bridgehead atoms. The number of carbonyl (C=O) groups is 3. The summed E-state index contributed by atoms with van der Waals surface area (Å²) in [7, 11) is 1.47. The Morgan fingerprint density at radius 2 is 1.79 bits per heavy atom. The molecule has 4 rings (SSSR count). The summed E-state index contributed by atoms with van der Waals surface area (Å²) in [6.07, 6.45) is 3.41. The fourth-order valence-corrected chi connectivity index (χ4v) is 5.42. The Labute approximate surface area is 252 Å². The highest BCUT2D eigenvalue weighted by atomic mass is 19.1. The Hall–Kier alpha value is -4.31. The van der Waals surface area contributed by atoms with Crippen molar-refractivity contribution in [1.82, 2.24) is 15.2 Å². The smallest absolute Gasteiger partial charge is 0.272 e. The van der Waals surface area contributed by atoms with Gasteiger partial charge in [0, 0.05) is 48.4 Å². The molecule has 43 heavy (non-hydrogen) atoms. The number of hydrogen-bond donors (Lipinski definition) is 3. The highest BCUT2D eigenvalue weighted by molar-refractivity contribution is 5.97. The standard InChI is InChI=1S/C33H40FN5O4/c1-4-25-11-8-16-39(25)33(42)30-20-26(43-3)19-29(37-30)32(41)38-28(18-22-9-6-5-7-10-22)27(35)17-21(2)31(40)36-24-14-12-23(34)13-15-24/h5-7,9-10,12-15,19-21,25,27-28H,4,8,11,16-18,35H2,1-3H3,(H,36,40)(H,38,41)/t21-,25+,27+,28+/m1/s1. The van der Waals surface area contributed by atoms with E-state index >= 15 is 0 Å². The van der Waals surface area contributed by atoms with Gasteiger partial charge in [0.1, 0.15) is 23.0 Å². The fourth-order valence-electron chi connectivity index (χ4n) is 5.42. The molecule has 228 valence electrons. The van der Waals surface area contributed by atoms with Crippen LogP contribution in [0.15, 0.2) is 66.7 Å². The number of carbonyl (C=O) groups excluding carboxylic acids is 3. The Morgan fingerprint density at radius 3 is 2.47 bits per heavy atom. The normalized spacial score (nSPS) is 16.7. The molecule has 4 atom stereocenters. The molecular formula is C33H40FN5O4. The molecule has 2 aromatic carbocycles. The minimum atomic E-state index is -0.597. The maximum absolute atomic E-state index is 13.6. The van der Waals surface area contributed by atoms with Gasteiger partial charge in [-0.3, -0.25) is 14.4 Å². The van der Waals surface area contributed by atoms with Crippen LogP contribution in [0.25, 0.3) is 0 Å². The highest BCUT2D eigenvalue weighted by Crippen LogP contribution is 2.24. The molecule has 9 nitrogen and oxygen atoms in total. The second kappa shape index (κ2) is 14.7. The minimum absolute atomic E-state index is 0.0438. The summed E-state index contributed by atoms with van der Waals surface area (Å²) in [6.45, 7) is 4.46. The van der Waals surface area contributed by atoms with Gasteiger partial charge in [-0.05, 0) is 61.9 Å². The van der Waals surface area contributed by atoms with E-state index in [1.54, 1.807) is 13.0 Å². The number of aromatic nitrogens is 1. The average Bonchev–Trinajstić information content (AvgIpc) is 3.50. The molecule has 3 amide bonds. The van der Waals surface area contributed by atoms with Crippen LogP contribution in [0.4, 0.5) is 10.1 Å². The number of benzene rings is 2. The van der Waals surface area contributed by atoms with Gasteiger partial charge < -0.3 is 26.0 Å². The summed E-state index contributed by atoms with van der Waals surface area (Å²) >= 11 is 0. The van der Waals surface area contributed by atoms with Crippen molar-refractivity contribution in [3.05, 3.63) is 89.5 Å². The van der Waals surface area contributed by atoms with Crippen molar-refractivity contribution >= 4 is 23.4 Å². The van der Waals surface area contributed by atoms with E-state index in [1.807, 2.05) is 35.2 Å². The molecule has 0 spiro atoms. The zero-order valence-corrected chi connectivity index (χ0v) is 24.9. The second-order valence-corrected chi connectivity index (χ2v) is 11.0. The number of ether oxygens (including phenoxy) is 1. The maximum Gasteiger partial charge on any atom is 0.272 e. The van der Waals surface area contributed by atoms with Crippen molar-refractivity contribution < 1.29 is 23.5 Å². The van der Waals surface area contributed by atoms with Crippen LogP contribution in [0.2, 0.25) is 0 Å². The van der Waals surface area contributed by atoms with Crippen LogP contribution in [0.1, 0.15) is 66.1 Å². The van der Waals surface area contributed by atoms with Crippen molar-refractivity contribution in [2.45, 2.75) is 64.1 Å². The van der Waals surface area contributed by atoms with Crippen molar-refractivity contribution in [2.75, 3.05) is 19.0 Å². The summed E-state index contributed by atoms with van der Waals surface area (Å²) in [5.74, 6) is -1.53. The molecule has 0 aliphatic carbocycles. The molecule has 1 aliphatic rings. The quantitative estimate of drug-likeness (QED) is 0.284. The van der Waals surface area contributed by atoms with Gasteiger partial charge in [0.15, 0.2) is 0 Å². The van der Waals surface area contributed by atoms with Crippen molar-refractivity contribution in [2.24, 2.45) is 11.7 Å². The van der Waals surface area contributed by atoms with E-state index in [1.165, 1.54) is 37.4 Å². The summed E-state index contributed by atoms with van der Waals surface area (Å²) in [5, 5.41) is 5.79. The third kappa shape index (κ3) is 8.38. The van der Waals surface area contributed by atoms with Crippen LogP contribution in [-0.4, -0.2) is 59.4 Å². The van der Waals surface area contributed by atoms with Crippen LogP contribution in [-0.2, 0) is 11.2 Å². The summed E-state index contributed by atoms with van der Waals surface area (Å²) < 4.78 is 18.7. The van der Waals surface area contributed by atoms with Gasteiger partial charge in [-0.1, -0.05) is 44.2 Å². The fraction of sp³-hybridized carbons (Fsp3) is 0.394. The lowest BCUT2D eigenvalue weighted by atomic mass is 9.92. The van der Waals surface area contributed by atoms with E-state index in [4.69, 9.17) is 10.5 Å². The highest BCUT2D eigenvalue weighted by Gasteiger charge is 2.31. The number of rotatable bonds is 12. The number of nitrogens with zero attached hydrogens (tertiary/aromatic N) is 2. The van der Waals surface area contributed by atoms with Crippen molar-refractivity contribution in [3.63, 3.8) is 0 Å². The Balaban J connectivity index is 1.51. The zero-order chi connectivity index (χ0) is 30.9. The predicted molar refractivity (Wildman–Crippen MR) is 163 cm³/mol. The van der Waals surface area contributed by atoms with Gasteiger partial charge in [-0.2, -0.15) is 0 Å². The largest absolute Gasteiger partial charge is 0.497 e. The molecule has 1 aliphatic heterocycles. The van der Waals surface area contributed by atoms with Crippen LogP contribution in [0, 0.1) is 11.7 Å². The van der Waals surface area contributed by atoms with Gasteiger partial charge in [0.25, 0.3) is 11.8 Å². The second-order valence-electron chi connectivity index (χ2n) is 11.0. The number of methoxy groups -OCH3 is 1. The van der Waals surface area contributed by atoms with Gasteiger partial charge in [0.05, 0.1) is 7.11 Å². The molecule has 0 saturated carbocycles. The molecule has 10 heteroatoms.